The van der Waals surface area contributed by atoms with Crippen molar-refractivity contribution in [3.8, 4) is 5.75 Å². The summed E-state index contributed by atoms with van der Waals surface area (Å²) in [5.74, 6) is 0.884. The summed E-state index contributed by atoms with van der Waals surface area (Å²) in [5.41, 5.74) is 0.00755. The standard InChI is InChI=1S/C14H20BrNO2/c15-12-2-4-13(5-3-12)18-9-7-14(11-17)6-1-8-16-10-14/h2-5,16-17H,1,6-11H2. The summed E-state index contributed by atoms with van der Waals surface area (Å²) >= 11 is 3.40. The number of nitrogens with one attached hydrogen (secondary N) is 1. The molecule has 2 N–H and O–H groups in total. The summed E-state index contributed by atoms with van der Waals surface area (Å²) in [6.07, 6.45) is 3.12. The molecule has 3 nitrogen and oxygen atoms in total. The summed E-state index contributed by atoms with van der Waals surface area (Å²) in [6, 6.07) is 7.85. The molecule has 4 heteroatoms. The number of hydrogen-bond acceptors (Lipinski definition) is 3. The fourth-order valence-corrected chi connectivity index (χ4v) is 2.64. The topological polar surface area (TPSA) is 41.5 Å². The monoisotopic (exact) mass is 313 g/mol. The number of aliphatic hydroxyl groups is 1. The van der Waals surface area contributed by atoms with Gasteiger partial charge in [-0.05, 0) is 50.1 Å². The lowest BCUT2D eigenvalue weighted by Crippen LogP contribution is -2.43. The maximum atomic E-state index is 9.57. The molecule has 0 amide bonds. The Balaban J connectivity index is 1.81. The van der Waals surface area contributed by atoms with Crippen molar-refractivity contribution in [1.29, 1.82) is 0 Å². The van der Waals surface area contributed by atoms with Gasteiger partial charge in [0.15, 0.2) is 0 Å². The highest BCUT2D eigenvalue weighted by atomic mass is 79.9. The Morgan fingerprint density at radius 1 is 1.33 bits per heavy atom. The zero-order valence-electron chi connectivity index (χ0n) is 10.5. The molecule has 0 aliphatic carbocycles. The maximum Gasteiger partial charge on any atom is 0.119 e. The molecule has 1 atom stereocenters. The smallest absolute Gasteiger partial charge is 0.119 e. The van der Waals surface area contributed by atoms with E-state index in [4.69, 9.17) is 4.74 Å². The normalized spacial score (nSPS) is 23.9. The number of piperidine rings is 1. The molecule has 0 spiro atoms. The Morgan fingerprint density at radius 3 is 2.72 bits per heavy atom. The van der Waals surface area contributed by atoms with E-state index in [2.05, 4.69) is 21.2 Å². The second-order valence-corrected chi connectivity index (χ2v) is 5.91. The van der Waals surface area contributed by atoms with E-state index in [0.29, 0.717) is 6.61 Å². The highest BCUT2D eigenvalue weighted by Crippen LogP contribution is 2.29. The number of halogens is 1. The number of benzene rings is 1. The lowest BCUT2D eigenvalue weighted by atomic mass is 9.79. The van der Waals surface area contributed by atoms with Gasteiger partial charge in [-0.3, -0.25) is 0 Å². The SMILES string of the molecule is OCC1(CCOc2ccc(Br)cc2)CCCNC1. The van der Waals surface area contributed by atoms with Crippen molar-refractivity contribution in [3.63, 3.8) is 0 Å². The second kappa shape index (κ2) is 6.55. The van der Waals surface area contributed by atoms with Crippen LogP contribution in [0.5, 0.6) is 5.75 Å². The fraction of sp³-hybridized carbons (Fsp3) is 0.571. The van der Waals surface area contributed by atoms with Gasteiger partial charge in [0.05, 0.1) is 13.2 Å². The zero-order chi connectivity index (χ0) is 12.8. The second-order valence-electron chi connectivity index (χ2n) is 4.99. The van der Waals surface area contributed by atoms with Gasteiger partial charge in [-0.25, -0.2) is 0 Å². The molecular weight excluding hydrogens is 294 g/mol. The molecule has 0 saturated carbocycles. The van der Waals surface area contributed by atoms with Gasteiger partial charge >= 0.3 is 0 Å². The van der Waals surface area contributed by atoms with E-state index in [1.807, 2.05) is 24.3 Å². The van der Waals surface area contributed by atoms with Crippen LogP contribution < -0.4 is 10.1 Å². The van der Waals surface area contributed by atoms with E-state index in [1.165, 1.54) is 0 Å². The maximum absolute atomic E-state index is 9.57. The van der Waals surface area contributed by atoms with Crippen molar-refractivity contribution < 1.29 is 9.84 Å². The molecule has 1 unspecified atom stereocenters. The van der Waals surface area contributed by atoms with Gasteiger partial charge in [-0.1, -0.05) is 15.9 Å². The molecule has 1 aromatic rings. The van der Waals surface area contributed by atoms with Crippen LogP contribution in [-0.2, 0) is 0 Å². The van der Waals surface area contributed by atoms with Crippen LogP contribution in [0.4, 0.5) is 0 Å². The first kappa shape index (κ1) is 13.8. The Bertz CT molecular complexity index is 361. The largest absolute Gasteiger partial charge is 0.494 e. The molecule has 0 aromatic heterocycles. The minimum Gasteiger partial charge on any atom is -0.494 e. The van der Waals surface area contributed by atoms with Crippen molar-refractivity contribution >= 4 is 15.9 Å². The molecule has 1 fully saturated rings. The summed E-state index contributed by atoms with van der Waals surface area (Å²) in [4.78, 5) is 0. The van der Waals surface area contributed by atoms with Crippen LogP contribution in [0.2, 0.25) is 0 Å². The van der Waals surface area contributed by atoms with E-state index in [1.54, 1.807) is 0 Å². The third-order valence-electron chi connectivity index (χ3n) is 3.61. The third kappa shape index (κ3) is 3.70. The Hall–Kier alpha value is -0.580. The van der Waals surface area contributed by atoms with Crippen LogP contribution in [0.25, 0.3) is 0 Å². The fourth-order valence-electron chi connectivity index (χ4n) is 2.37. The average molecular weight is 314 g/mol. The predicted molar refractivity (Wildman–Crippen MR) is 75.9 cm³/mol. The Kier molecular flexibility index (Phi) is 5.03. The van der Waals surface area contributed by atoms with Crippen LogP contribution in [0.15, 0.2) is 28.7 Å². The first-order chi connectivity index (χ1) is 8.74. The lowest BCUT2D eigenvalue weighted by molar-refractivity contribution is 0.0701. The molecule has 1 aromatic carbocycles. The molecule has 0 radical (unpaired) electrons. The van der Waals surface area contributed by atoms with E-state index in [9.17, 15) is 5.11 Å². The minimum absolute atomic E-state index is 0.00755. The van der Waals surface area contributed by atoms with Gasteiger partial charge in [-0.15, -0.1) is 0 Å². The van der Waals surface area contributed by atoms with Crippen molar-refractivity contribution in [3.05, 3.63) is 28.7 Å². The molecular formula is C14H20BrNO2. The van der Waals surface area contributed by atoms with Crippen LogP contribution >= 0.6 is 15.9 Å². The minimum atomic E-state index is 0.00755. The molecule has 1 aliphatic heterocycles. The quantitative estimate of drug-likeness (QED) is 0.878. The van der Waals surface area contributed by atoms with Crippen LogP contribution in [0, 0.1) is 5.41 Å². The first-order valence-electron chi connectivity index (χ1n) is 6.44. The summed E-state index contributed by atoms with van der Waals surface area (Å²) in [7, 11) is 0. The number of rotatable bonds is 5. The van der Waals surface area contributed by atoms with Crippen LogP contribution in [0.1, 0.15) is 19.3 Å². The molecule has 0 bridgehead atoms. The molecule has 2 rings (SSSR count). The molecule has 1 aliphatic rings. The van der Waals surface area contributed by atoms with Crippen molar-refractivity contribution in [2.75, 3.05) is 26.3 Å². The Labute approximate surface area is 117 Å². The lowest BCUT2D eigenvalue weighted by Gasteiger charge is -2.36. The van der Waals surface area contributed by atoms with E-state index in [0.717, 1.165) is 42.6 Å². The molecule has 18 heavy (non-hydrogen) atoms. The van der Waals surface area contributed by atoms with Gasteiger partial charge in [0.2, 0.25) is 0 Å². The number of aliphatic hydroxyl groups excluding tert-OH is 1. The number of hydrogen-bond donors (Lipinski definition) is 2. The zero-order valence-corrected chi connectivity index (χ0v) is 12.1. The van der Waals surface area contributed by atoms with E-state index < -0.39 is 0 Å². The van der Waals surface area contributed by atoms with Gasteiger partial charge in [0, 0.05) is 16.4 Å². The van der Waals surface area contributed by atoms with Crippen molar-refractivity contribution in [2.45, 2.75) is 19.3 Å². The van der Waals surface area contributed by atoms with Gasteiger partial charge in [0.1, 0.15) is 5.75 Å². The van der Waals surface area contributed by atoms with Crippen molar-refractivity contribution in [2.24, 2.45) is 5.41 Å². The third-order valence-corrected chi connectivity index (χ3v) is 4.14. The van der Waals surface area contributed by atoms with Gasteiger partial charge in [-0.2, -0.15) is 0 Å². The Morgan fingerprint density at radius 2 is 2.11 bits per heavy atom. The molecule has 1 heterocycles. The average Bonchev–Trinajstić information content (AvgIpc) is 2.42. The van der Waals surface area contributed by atoms with Gasteiger partial charge < -0.3 is 15.2 Å². The summed E-state index contributed by atoms with van der Waals surface area (Å²) in [5, 5.41) is 12.9. The summed E-state index contributed by atoms with van der Waals surface area (Å²) < 4.78 is 6.78. The van der Waals surface area contributed by atoms with Gasteiger partial charge in [0.25, 0.3) is 0 Å². The molecule has 100 valence electrons. The highest BCUT2D eigenvalue weighted by molar-refractivity contribution is 9.10. The predicted octanol–water partition coefficient (Wildman–Crippen LogP) is 2.58. The highest BCUT2D eigenvalue weighted by Gasteiger charge is 2.31. The van der Waals surface area contributed by atoms with E-state index >= 15 is 0 Å². The number of ether oxygens (including phenoxy) is 1. The van der Waals surface area contributed by atoms with E-state index in [-0.39, 0.29) is 12.0 Å². The van der Waals surface area contributed by atoms with Crippen molar-refractivity contribution in [1.82, 2.24) is 5.32 Å². The van der Waals surface area contributed by atoms with Crippen LogP contribution in [-0.4, -0.2) is 31.4 Å². The molecule has 1 saturated heterocycles. The first-order valence-corrected chi connectivity index (χ1v) is 7.23. The summed E-state index contributed by atoms with van der Waals surface area (Å²) in [6.45, 7) is 2.86. The van der Waals surface area contributed by atoms with Crippen LogP contribution in [0.3, 0.4) is 0 Å².